The Balaban J connectivity index is 2.65. The monoisotopic (exact) mass is 312 g/mol. The van der Waals surface area contributed by atoms with Gasteiger partial charge in [0.25, 0.3) is 0 Å². The van der Waals surface area contributed by atoms with Gasteiger partial charge in [0.2, 0.25) is 0 Å². The number of sulfone groups is 1. The van der Waals surface area contributed by atoms with E-state index in [-0.39, 0.29) is 12.3 Å². The summed E-state index contributed by atoms with van der Waals surface area (Å²) >= 11 is 1.44. The van der Waals surface area contributed by atoms with E-state index < -0.39 is 39.9 Å². The molecule has 1 saturated heterocycles. The van der Waals surface area contributed by atoms with Gasteiger partial charge in [-0.1, -0.05) is 0 Å². The zero-order valence-corrected chi connectivity index (χ0v) is 11.9. The molecule has 2 amide bonds. The first-order valence-electron chi connectivity index (χ1n) is 5.45. The van der Waals surface area contributed by atoms with Gasteiger partial charge >= 0.3 is 12.0 Å². The summed E-state index contributed by atoms with van der Waals surface area (Å²) in [6, 6.07) is -0.684. The summed E-state index contributed by atoms with van der Waals surface area (Å²) < 4.78 is 23.1. The van der Waals surface area contributed by atoms with Gasteiger partial charge in [0.1, 0.15) is 5.37 Å². The standard InChI is InChI=1S/C9H16N2O6S2/c1-19(16,17)7-5-18-3-2-11(7)9(15)10-4-6(12)8(13)14/h6-7,12H,2-5H2,1H3,(H,10,15)(H,13,14)/t6-,7?/m0/s1. The van der Waals surface area contributed by atoms with Crippen LogP contribution in [0.4, 0.5) is 4.79 Å². The number of aliphatic carboxylic acids is 1. The van der Waals surface area contributed by atoms with Crippen molar-refractivity contribution in [2.75, 3.05) is 30.9 Å². The van der Waals surface area contributed by atoms with Crippen LogP contribution in [0.2, 0.25) is 0 Å². The third-order valence-corrected chi connectivity index (χ3v) is 5.21. The van der Waals surface area contributed by atoms with Crippen molar-refractivity contribution >= 4 is 33.6 Å². The van der Waals surface area contributed by atoms with Crippen LogP contribution in [0, 0.1) is 0 Å². The van der Waals surface area contributed by atoms with Gasteiger partial charge in [-0.3, -0.25) is 0 Å². The van der Waals surface area contributed by atoms with Crippen molar-refractivity contribution in [3.63, 3.8) is 0 Å². The Kier molecular flexibility index (Phi) is 5.44. The second-order valence-electron chi connectivity index (χ2n) is 4.09. The minimum Gasteiger partial charge on any atom is -0.479 e. The lowest BCUT2D eigenvalue weighted by Gasteiger charge is -2.34. The molecule has 19 heavy (non-hydrogen) atoms. The molecule has 8 nitrogen and oxygen atoms in total. The number of aliphatic hydroxyl groups excluding tert-OH is 1. The summed E-state index contributed by atoms with van der Waals surface area (Å²) in [6.07, 6.45) is -0.657. The summed E-state index contributed by atoms with van der Waals surface area (Å²) in [5, 5.41) is 18.8. The molecule has 1 unspecified atom stereocenters. The summed E-state index contributed by atoms with van der Waals surface area (Å²) in [6.45, 7) is -0.203. The number of thioether (sulfide) groups is 1. The van der Waals surface area contributed by atoms with Crippen molar-refractivity contribution in [3.05, 3.63) is 0 Å². The smallest absolute Gasteiger partial charge is 0.334 e. The zero-order chi connectivity index (χ0) is 14.6. The second kappa shape index (κ2) is 6.44. The van der Waals surface area contributed by atoms with Crippen LogP contribution in [0.25, 0.3) is 0 Å². The van der Waals surface area contributed by atoms with Gasteiger partial charge < -0.3 is 20.4 Å². The van der Waals surface area contributed by atoms with E-state index >= 15 is 0 Å². The molecule has 0 aromatic rings. The van der Waals surface area contributed by atoms with E-state index in [1.807, 2.05) is 0 Å². The largest absolute Gasteiger partial charge is 0.479 e. The Labute approximate surface area is 115 Å². The quantitative estimate of drug-likeness (QED) is 0.581. The number of carbonyl (C=O) groups is 2. The molecule has 0 aromatic carbocycles. The molecule has 1 heterocycles. The molecule has 2 atom stereocenters. The molecule has 10 heteroatoms. The number of amides is 2. The Hall–Kier alpha value is -1.00. The maximum atomic E-state index is 11.8. The minimum absolute atomic E-state index is 0.261. The first-order valence-corrected chi connectivity index (χ1v) is 8.56. The number of hydrogen-bond donors (Lipinski definition) is 3. The number of hydrogen-bond acceptors (Lipinski definition) is 6. The highest BCUT2D eigenvalue weighted by atomic mass is 32.2. The maximum absolute atomic E-state index is 11.8. The minimum atomic E-state index is -3.41. The molecule has 1 aliphatic rings. The average molecular weight is 312 g/mol. The number of nitrogens with one attached hydrogen (secondary N) is 1. The number of rotatable bonds is 4. The van der Waals surface area contributed by atoms with E-state index in [0.717, 1.165) is 11.2 Å². The van der Waals surface area contributed by atoms with Gasteiger partial charge in [0, 0.05) is 24.3 Å². The summed E-state index contributed by atoms with van der Waals surface area (Å²) in [5.41, 5.74) is 0. The first kappa shape index (κ1) is 16.1. The normalized spacial score (nSPS) is 21.8. The van der Waals surface area contributed by atoms with Gasteiger partial charge in [0.05, 0.1) is 6.54 Å². The van der Waals surface area contributed by atoms with Crippen LogP contribution in [-0.2, 0) is 14.6 Å². The van der Waals surface area contributed by atoms with Crippen LogP contribution in [-0.4, -0.2) is 77.9 Å². The highest BCUT2D eigenvalue weighted by molar-refractivity contribution is 8.00. The molecule has 0 bridgehead atoms. The predicted octanol–water partition coefficient (Wildman–Crippen LogP) is -1.44. The predicted molar refractivity (Wildman–Crippen MR) is 69.7 cm³/mol. The molecule has 110 valence electrons. The lowest BCUT2D eigenvalue weighted by Crippen LogP contribution is -2.54. The number of urea groups is 1. The fourth-order valence-electron chi connectivity index (χ4n) is 1.54. The fourth-order valence-corrected chi connectivity index (χ4v) is 4.36. The number of carbonyl (C=O) groups excluding carboxylic acids is 1. The Morgan fingerprint density at radius 1 is 1.53 bits per heavy atom. The summed E-state index contributed by atoms with van der Waals surface area (Å²) in [7, 11) is -3.41. The van der Waals surface area contributed by atoms with Gasteiger partial charge in [0.15, 0.2) is 15.9 Å². The van der Waals surface area contributed by atoms with E-state index in [9.17, 15) is 18.0 Å². The molecule has 0 radical (unpaired) electrons. The second-order valence-corrected chi connectivity index (χ2v) is 7.45. The number of carboxylic acids is 1. The molecule has 0 spiro atoms. The molecular formula is C9H16N2O6S2. The van der Waals surface area contributed by atoms with Crippen molar-refractivity contribution < 1.29 is 28.2 Å². The van der Waals surface area contributed by atoms with Crippen molar-refractivity contribution in [3.8, 4) is 0 Å². The summed E-state index contributed by atoms with van der Waals surface area (Å²) in [4.78, 5) is 23.4. The Morgan fingerprint density at radius 3 is 2.68 bits per heavy atom. The maximum Gasteiger partial charge on any atom is 0.334 e. The van der Waals surface area contributed by atoms with E-state index in [1.54, 1.807) is 0 Å². The van der Waals surface area contributed by atoms with Crippen molar-refractivity contribution in [2.45, 2.75) is 11.5 Å². The van der Waals surface area contributed by atoms with E-state index in [4.69, 9.17) is 10.2 Å². The van der Waals surface area contributed by atoms with Crippen LogP contribution in [0.5, 0.6) is 0 Å². The third kappa shape index (κ3) is 4.55. The Bertz CT molecular complexity index is 452. The SMILES string of the molecule is CS(=O)(=O)C1CSCCN1C(=O)NC[C@H](O)C(=O)O. The van der Waals surface area contributed by atoms with Crippen molar-refractivity contribution in [1.82, 2.24) is 10.2 Å². The number of aliphatic hydroxyl groups is 1. The Morgan fingerprint density at radius 2 is 2.16 bits per heavy atom. The first-order chi connectivity index (χ1) is 8.73. The topological polar surface area (TPSA) is 124 Å². The molecule has 1 aliphatic heterocycles. The van der Waals surface area contributed by atoms with Crippen molar-refractivity contribution in [1.29, 1.82) is 0 Å². The van der Waals surface area contributed by atoms with Gasteiger partial charge in [-0.15, -0.1) is 0 Å². The third-order valence-electron chi connectivity index (χ3n) is 2.57. The van der Waals surface area contributed by atoms with Gasteiger partial charge in [-0.05, 0) is 0 Å². The lowest BCUT2D eigenvalue weighted by molar-refractivity contribution is -0.146. The number of nitrogens with zero attached hydrogens (tertiary/aromatic N) is 1. The van der Waals surface area contributed by atoms with E-state index in [2.05, 4.69) is 5.32 Å². The van der Waals surface area contributed by atoms with Crippen LogP contribution < -0.4 is 5.32 Å². The van der Waals surface area contributed by atoms with Gasteiger partial charge in [-0.25, -0.2) is 18.0 Å². The average Bonchev–Trinajstić information content (AvgIpc) is 2.34. The van der Waals surface area contributed by atoms with E-state index in [0.29, 0.717) is 5.75 Å². The van der Waals surface area contributed by atoms with Crippen LogP contribution >= 0.6 is 11.8 Å². The molecule has 1 rings (SSSR count). The van der Waals surface area contributed by atoms with Gasteiger partial charge in [-0.2, -0.15) is 11.8 Å². The molecule has 0 aromatic heterocycles. The van der Waals surface area contributed by atoms with Crippen LogP contribution in [0.3, 0.4) is 0 Å². The highest BCUT2D eigenvalue weighted by Gasteiger charge is 2.34. The number of carboxylic acid groups (broad SMARTS) is 1. The fraction of sp³-hybridized carbons (Fsp3) is 0.778. The molecule has 0 aliphatic carbocycles. The lowest BCUT2D eigenvalue weighted by atomic mass is 10.3. The summed E-state index contributed by atoms with van der Waals surface area (Å²) in [5.74, 6) is -0.552. The molecule has 1 fully saturated rings. The highest BCUT2D eigenvalue weighted by Crippen LogP contribution is 2.20. The van der Waals surface area contributed by atoms with Crippen LogP contribution in [0.1, 0.15) is 0 Å². The van der Waals surface area contributed by atoms with E-state index in [1.165, 1.54) is 11.8 Å². The van der Waals surface area contributed by atoms with Crippen LogP contribution in [0.15, 0.2) is 0 Å². The molecular weight excluding hydrogens is 296 g/mol. The zero-order valence-electron chi connectivity index (χ0n) is 10.3. The molecule has 3 N–H and O–H groups in total. The molecule has 0 saturated carbocycles. The van der Waals surface area contributed by atoms with Crippen molar-refractivity contribution in [2.24, 2.45) is 0 Å².